The van der Waals surface area contributed by atoms with Crippen LogP contribution in [0.1, 0.15) is 12.0 Å². The molecule has 0 N–H and O–H groups in total. The Morgan fingerprint density at radius 3 is 2.94 bits per heavy atom. The number of benzene rings is 1. The van der Waals surface area contributed by atoms with Crippen molar-refractivity contribution in [1.82, 2.24) is 34.8 Å². The van der Waals surface area contributed by atoms with Crippen LogP contribution in [-0.2, 0) is 11.3 Å². The molecule has 5 heterocycles. The maximum absolute atomic E-state index is 5.50. The summed E-state index contributed by atoms with van der Waals surface area (Å²) >= 11 is 0. The third kappa shape index (κ3) is 3.60. The van der Waals surface area contributed by atoms with Crippen molar-refractivity contribution in [2.24, 2.45) is 0 Å². The summed E-state index contributed by atoms with van der Waals surface area (Å²) in [4.78, 5) is 18.7. The Hall–Kier alpha value is -3.17. The number of fused-ring (bicyclic) bond motifs is 2. The highest BCUT2D eigenvalue weighted by molar-refractivity contribution is 5.79. The number of morpholine rings is 1. The molecule has 2 fully saturated rings. The number of rotatable bonds is 4. The van der Waals surface area contributed by atoms with E-state index in [2.05, 4.69) is 48.3 Å². The van der Waals surface area contributed by atoms with Gasteiger partial charge in [-0.1, -0.05) is 17.3 Å². The standard InChI is InChI=1S/C22H24N8O/c1-2-17-12-16(3-4-19(17)23-6-1)14-30-22-21(26-27-30)24-13-20(25-22)29-7-5-18(15-29)28-8-10-31-11-9-28/h1-4,6,12-13,18H,5,7-11,14-15H2. The summed E-state index contributed by atoms with van der Waals surface area (Å²) in [5.41, 5.74) is 3.42. The molecule has 0 spiro atoms. The molecular weight excluding hydrogens is 392 g/mol. The summed E-state index contributed by atoms with van der Waals surface area (Å²) < 4.78 is 7.33. The highest BCUT2D eigenvalue weighted by Crippen LogP contribution is 2.23. The van der Waals surface area contributed by atoms with Crippen molar-refractivity contribution in [3.8, 4) is 0 Å². The zero-order valence-corrected chi connectivity index (χ0v) is 17.3. The summed E-state index contributed by atoms with van der Waals surface area (Å²) in [5.74, 6) is 0.898. The quantitative estimate of drug-likeness (QED) is 0.497. The third-order valence-electron chi connectivity index (χ3n) is 6.26. The maximum atomic E-state index is 5.50. The molecule has 31 heavy (non-hydrogen) atoms. The molecule has 1 atom stereocenters. The van der Waals surface area contributed by atoms with Crippen LogP contribution in [0.5, 0.6) is 0 Å². The van der Waals surface area contributed by atoms with E-state index in [9.17, 15) is 0 Å². The molecule has 0 radical (unpaired) electrons. The van der Waals surface area contributed by atoms with E-state index >= 15 is 0 Å². The van der Waals surface area contributed by atoms with Gasteiger partial charge in [-0.05, 0) is 30.2 Å². The first-order valence-corrected chi connectivity index (χ1v) is 10.8. The molecule has 1 unspecified atom stereocenters. The van der Waals surface area contributed by atoms with Crippen LogP contribution < -0.4 is 4.90 Å². The molecule has 2 aliphatic heterocycles. The lowest BCUT2D eigenvalue weighted by Gasteiger charge is -2.32. The van der Waals surface area contributed by atoms with Crippen molar-refractivity contribution in [1.29, 1.82) is 0 Å². The van der Waals surface area contributed by atoms with E-state index in [1.165, 1.54) is 0 Å². The molecule has 2 saturated heterocycles. The van der Waals surface area contributed by atoms with Gasteiger partial charge in [0.1, 0.15) is 5.82 Å². The van der Waals surface area contributed by atoms with Crippen LogP contribution in [0, 0.1) is 0 Å². The number of nitrogens with zero attached hydrogens (tertiary/aromatic N) is 8. The molecule has 6 rings (SSSR count). The van der Waals surface area contributed by atoms with E-state index in [4.69, 9.17) is 9.72 Å². The van der Waals surface area contributed by atoms with Gasteiger partial charge in [0.05, 0.1) is 31.5 Å². The number of pyridine rings is 1. The zero-order chi connectivity index (χ0) is 20.6. The largest absolute Gasteiger partial charge is 0.379 e. The lowest BCUT2D eigenvalue weighted by Crippen LogP contribution is -2.44. The van der Waals surface area contributed by atoms with Gasteiger partial charge in [0.2, 0.25) is 5.65 Å². The minimum atomic E-state index is 0.552. The van der Waals surface area contributed by atoms with Crippen molar-refractivity contribution in [2.45, 2.75) is 19.0 Å². The second kappa shape index (κ2) is 7.82. The van der Waals surface area contributed by atoms with Crippen LogP contribution in [0.2, 0.25) is 0 Å². The number of anilines is 1. The Balaban J connectivity index is 1.24. The number of hydrogen-bond donors (Lipinski definition) is 0. The second-order valence-corrected chi connectivity index (χ2v) is 8.19. The van der Waals surface area contributed by atoms with Gasteiger partial charge in [-0.25, -0.2) is 14.6 Å². The fourth-order valence-corrected chi connectivity index (χ4v) is 4.59. The smallest absolute Gasteiger partial charge is 0.221 e. The topological polar surface area (TPSA) is 85.1 Å². The molecule has 0 aliphatic carbocycles. The molecule has 1 aromatic carbocycles. The molecule has 158 valence electrons. The van der Waals surface area contributed by atoms with Crippen molar-refractivity contribution in [3.63, 3.8) is 0 Å². The molecule has 4 aromatic rings. The second-order valence-electron chi connectivity index (χ2n) is 8.19. The van der Waals surface area contributed by atoms with Gasteiger partial charge in [0.25, 0.3) is 0 Å². The first-order valence-electron chi connectivity index (χ1n) is 10.8. The molecule has 9 heteroatoms. The van der Waals surface area contributed by atoms with Crippen LogP contribution in [0.15, 0.2) is 42.7 Å². The predicted molar refractivity (Wildman–Crippen MR) is 117 cm³/mol. The molecule has 3 aromatic heterocycles. The summed E-state index contributed by atoms with van der Waals surface area (Å²) in [5, 5.41) is 9.65. The lowest BCUT2D eigenvalue weighted by molar-refractivity contribution is 0.0209. The van der Waals surface area contributed by atoms with Gasteiger partial charge in [-0.2, -0.15) is 0 Å². The zero-order valence-electron chi connectivity index (χ0n) is 17.3. The summed E-state index contributed by atoms with van der Waals surface area (Å²) in [6, 6.07) is 10.8. The fraction of sp³-hybridized carbons (Fsp3) is 0.409. The molecule has 0 amide bonds. The average Bonchev–Trinajstić information content (AvgIpc) is 3.47. The first-order chi connectivity index (χ1) is 15.3. The van der Waals surface area contributed by atoms with E-state index in [1.807, 2.05) is 29.2 Å². The molecule has 2 aliphatic rings. The SMILES string of the molecule is c1cnc2ccc(Cn3nnc4ncc(N5CCC(N6CCOCC6)C5)nc43)cc2c1. The minimum Gasteiger partial charge on any atom is -0.379 e. The Morgan fingerprint density at radius 2 is 2.00 bits per heavy atom. The van der Waals surface area contributed by atoms with Crippen LogP contribution in [0.3, 0.4) is 0 Å². The van der Waals surface area contributed by atoms with E-state index in [1.54, 1.807) is 0 Å². The van der Waals surface area contributed by atoms with Crippen molar-refractivity contribution >= 4 is 28.0 Å². The van der Waals surface area contributed by atoms with E-state index < -0.39 is 0 Å². The van der Waals surface area contributed by atoms with Crippen molar-refractivity contribution < 1.29 is 4.74 Å². The van der Waals surface area contributed by atoms with Gasteiger partial charge < -0.3 is 9.64 Å². The van der Waals surface area contributed by atoms with E-state index in [-0.39, 0.29) is 0 Å². The van der Waals surface area contributed by atoms with Gasteiger partial charge in [-0.3, -0.25) is 9.88 Å². The van der Waals surface area contributed by atoms with Gasteiger partial charge in [-0.15, -0.1) is 5.10 Å². The predicted octanol–water partition coefficient (Wildman–Crippen LogP) is 1.73. The van der Waals surface area contributed by atoms with Gasteiger partial charge in [0, 0.05) is 43.8 Å². The molecule has 9 nitrogen and oxygen atoms in total. The number of ether oxygens (including phenoxy) is 1. The average molecular weight is 416 g/mol. The van der Waals surface area contributed by atoms with Crippen LogP contribution in [-0.4, -0.2) is 80.3 Å². The summed E-state index contributed by atoms with van der Waals surface area (Å²) in [6.07, 6.45) is 4.78. The Morgan fingerprint density at radius 1 is 1.06 bits per heavy atom. The van der Waals surface area contributed by atoms with Gasteiger partial charge in [0.15, 0.2) is 5.65 Å². The van der Waals surface area contributed by atoms with Crippen molar-refractivity contribution in [2.75, 3.05) is 44.3 Å². The van der Waals surface area contributed by atoms with E-state index in [0.29, 0.717) is 18.2 Å². The highest BCUT2D eigenvalue weighted by atomic mass is 16.5. The molecule has 0 saturated carbocycles. The molecular formula is C22H24N8O. The van der Waals surface area contributed by atoms with Crippen LogP contribution in [0.25, 0.3) is 22.2 Å². The van der Waals surface area contributed by atoms with Crippen LogP contribution in [0.4, 0.5) is 5.82 Å². The monoisotopic (exact) mass is 416 g/mol. The number of hydrogen-bond acceptors (Lipinski definition) is 8. The van der Waals surface area contributed by atoms with Gasteiger partial charge >= 0.3 is 0 Å². The lowest BCUT2D eigenvalue weighted by atomic mass is 10.1. The summed E-state index contributed by atoms with van der Waals surface area (Å²) in [7, 11) is 0. The Bertz CT molecular complexity index is 1220. The van der Waals surface area contributed by atoms with Crippen molar-refractivity contribution in [3.05, 3.63) is 48.3 Å². The number of aromatic nitrogens is 6. The highest BCUT2D eigenvalue weighted by Gasteiger charge is 2.29. The normalized spacial score (nSPS) is 20.1. The van der Waals surface area contributed by atoms with Crippen LogP contribution >= 0.6 is 0 Å². The minimum absolute atomic E-state index is 0.552. The Labute approximate surface area is 179 Å². The van der Waals surface area contributed by atoms with E-state index in [0.717, 1.165) is 73.7 Å². The Kier molecular flexibility index (Phi) is 4.69. The first kappa shape index (κ1) is 18.6. The third-order valence-corrected chi connectivity index (χ3v) is 6.26. The summed E-state index contributed by atoms with van der Waals surface area (Å²) in [6.45, 7) is 6.25. The maximum Gasteiger partial charge on any atom is 0.221 e. The fourth-order valence-electron chi connectivity index (χ4n) is 4.59. The molecule has 0 bridgehead atoms.